The molecule has 4 atom stereocenters. The summed E-state index contributed by atoms with van der Waals surface area (Å²) in [6.07, 6.45) is 11.4. The molecule has 1 aromatic heterocycles. The van der Waals surface area contributed by atoms with Crippen LogP contribution >= 0.6 is 11.6 Å². The van der Waals surface area contributed by atoms with Crippen LogP contribution in [0.15, 0.2) is 30.4 Å². The molecule has 2 aromatic rings. The van der Waals surface area contributed by atoms with E-state index in [4.69, 9.17) is 26.1 Å². The van der Waals surface area contributed by atoms with E-state index < -0.39 is 61.8 Å². The summed E-state index contributed by atoms with van der Waals surface area (Å²) in [4.78, 5) is 62.6. The minimum atomic E-state index is -4.01. The number of aryl methyl sites for hydroxylation is 2. The van der Waals surface area contributed by atoms with E-state index in [1.807, 2.05) is 25.1 Å². The van der Waals surface area contributed by atoms with Gasteiger partial charge in [0.05, 0.1) is 29.1 Å². The molecular formula is C40H52ClN5O8S. The molecule has 298 valence electrons. The maximum absolute atomic E-state index is 14.7. The van der Waals surface area contributed by atoms with Crippen LogP contribution in [0, 0.1) is 12.8 Å². The number of alkyl carbamates (subject to hydrolysis) is 1. The Hall–Kier alpha value is -3.91. The highest BCUT2D eigenvalue weighted by molar-refractivity contribution is 7.91. The quantitative estimate of drug-likeness (QED) is 0.318. The summed E-state index contributed by atoms with van der Waals surface area (Å²) in [5, 5.41) is 7.14. The summed E-state index contributed by atoms with van der Waals surface area (Å²) in [5.41, 5.74) is -0.257. The maximum atomic E-state index is 14.7. The van der Waals surface area contributed by atoms with Crippen LogP contribution in [0.2, 0.25) is 5.02 Å². The zero-order valence-electron chi connectivity index (χ0n) is 31.9. The van der Waals surface area contributed by atoms with Gasteiger partial charge in [-0.05, 0) is 109 Å². The lowest BCUT2D eigenvalue weighted by Gasteiger charge is -2.36. The molecule has 4 unspecified atom stereocenters. The van der Waals surface area contributed by atoms with Crippen LogP contribution in [0.5, 0.6) is 5.75 Å². The van der Waals surface area contributed by atoms with Crippen LogP contribution < -0.4 is 20.1 Å². The predicted molar refractivity (Wildman–Crippen MR) is 207 cm³/mol. The summed E-state index contributed by atoms with van der Waals surface area (Å²) in [7, 11) is -4.01. The second kappa shape index (κ2) is 15.2. The van der Waals surface area contributed by atoms with Crippen molar-refractivity contribution in [2.75, 3.05) is 13.2 Å². The number of ether oxygens (including phenoxy) is 2. The fraction of sp³-hybridized carbons (Fsp3) is 0.625. The minimum absolute atomic E-state index is 0.0318. The van der Waals surface area contributed by atoms with Crippen LogP contribution in [0.1, 0.15) is 109 Å². The monoisotopic (exact) mass is 797 g/mol. The fourth-order valence-corrected chi connectivity index (χ4v) is 9.70. The highest BCUT2D eigenvalue weighted by Gasteiger charge is 2.55. The van der Waals surface area contributed by atoms with Gasteiger partial charge >= 0.3 is 6.09 Å². The lowest BCUT2D eigenvalue weighted by Crippen LogP contribution is -2.62. The van der Waals surface area contributed by atoms with E-state index >= 15 is 0 Å². The predicted octanol–water partition coefficient (Wildman–Crippen LogP) is 5.54. The number of rotatable bonds is 6. The van der Waals surface area contributed by atoms with Crippen molar-refractivity contribution in [2.45, 2.75) is 139 Å². The number of amides is 4. The van der Waals surface area contributed by atoms with Gasteiger partial charge in [-0.15, -0.1) is 0 Å². The first-order valence-corrected chi connectivity index (χ1v) is 21.5. The number of halogens is 1. The average molecular weight is 798 g/mol. The Morgan fingerprint density at radius 2 is 1.85 bits per heavy atom. The average Bonchev–Trinajstić information content (AvgIpc) is 3.78. The van der Waals surface area contributed by atoms with Gasteiger partial charge in [-0.25, -0.2) is 18.2 Å². The summed E-state index contributed by atoms with van der Waals surface area (Å²) in [6, 6.07) is 3.45. The number of sulfonamides is 1. The van der Waals surface area contributed by atoms with Crippen LogP contribution in [-0.2, 0) is 35.6 Å². The topological polar surface area (TPSA) is 173 Å². The van der Waals surface area contributed by atoms with Crippen molar-refractivity contribution in [3.63, 3.8) is 0 Å². The van der Waals surface area contributed by atoms with E-state index in [9.17, 15) is 27.6 Å². The van der Waals surface area contributed by atoms with Gasteiger partial charge in [0.1, 0.15) is 29.0 Å². The van der Waals surface area contributed by atoms with Crippen molar-refractivity contribution in [1.29, 1.82) is 0 Å². The minimum Gasteiger partial charge on any atom is -0.483 e. The molecule has 2 aliphatic carbocycles. The van der Waals surface area contributed by atoms with Crippen molar-refractivity contribution in [3.8, 4) is 5.75 Å². The van der Waals surface area contributed by atoms with Crippen molar-refractivity contribution in [1.82, 2.24) is 25.2 Å². The number of nitrogens with one attached hydrogen (secondary N) is 3. The second-order valence-electron chi connectivity index (χ2n) is 16.7. The Bertz CT molecular complexity index is 2020. The van der Waals surface area contributed by atoms with Crippen molar-refractivity contribution < 1.29 is 37.1 Å². The van der Waals surface area contributed by atoms with E-state index in [0.29, 0.717) is 67.3 Å². The number of benzene rings is 1. The molecule has 1 aromatic carbocycles. The lowest BCUT2D eigenvalue weighted by molar-refractivity contribution is -0.142. The van der Waals surface area contributed by atoms with Crippen LogP contribution in [0.25, 0.3) is 10.9 Å². The standard InChI is InChI=1S/C40H52ClN5O8S/c1-25-33-28(29-21-27(41)14-15-30(29)42-25)16-18-40(54-33)22-32-34(47)44-39(3,36(49)45-55(51,52)38(2)19-20-38)17-9-7-5-4-6-8-13-31(35(48)46(32)24-40)43-37(50)53-23-26-11-10-12-26/h7,9,14-15,21,26,31-32H,4-6,8,10-13,16-20,22-24H2,1-3H3,(H,43,50)(H,44,47)(H,45,49). The van der Waals surface area contributed by atoms with Crippen molar-refractivity contribution >= 4 is 56.3 Å². The van der Waals surface area contributed by atoms with Gasteiger partial charge in [-0.2, -0.15) is 0 Å². The SMILES string of the molecule is Cc1nc2ccc(Cl)cc2c2c1OC1(CC2)CC2C(=O)NC(C)(C(=O)NS(=O)(=O)C3(C)CC3)CC=CCCCCCC(NC(=O)OCC3CCC3)C(=O)N2C1. The number of pyridine rings is 1. The molecular weight excluding hydrogens is 746 g/mol. The molecule has 0 bridgehead atoms. The maximum Gasteiger partial charge on any atom is 0.407 e. The number of hydrogen-bond donors (Lipinski definition) is 3. The number of carbonyl (C=O) groups excluding carboxylic acids is 4. The first-order chi connectivity index (χ1) is 26.1. The van der Waals surface area contributed by atoms with Gasteiger partial charge in [-0.1, -0.05) is 43.0 Å². The van der Waals surface area contributed by atoms with Gasteiger partial charge < -0.3 is 25.0 Å². The Balaban J connectivity index is 1.21. The Morgan fingerprint density at radius 1 is 1.07 bits per heavy atom. The highest BCUT2D eigenvalue weighted by atomic mass is 35.5. The molecule has 13 nitrogen and oxygen atoms in total. The fourth-order valence-electron chi connectivity index (χ4n) is 8.17. The van der Waals surface area contributed by atoms with Gasteiger partial charge in [0.25, 0.3) is 5.91 Å². The molecule has 3 fully saturated rings. The number of carbonyl (C=O) groups is 4. The molecule has 7 rings (SSSR count). The van der Waals surface area contributed by atoms with Crippen LogP contribution in [-0.4, -0.2) is 83.2 Å². The molecule has 15 heteroatoms. The molecule has 3 aliphatic heterocycles. The molecule has 5 aliphatic rings. The molecule has 1 saturated heterocycles. The van der Waals surface area contributed by atoms with Gasteiger partial charge in [0.15, 0.2) is 0 Å². The Kier molecular flexibility index (Phi) is 10.9. The van der Waals surface area contributed by atoms with E-state index in [0.717, 1.165) is 48.6 Å². The largest absolute Gasteiger partial charge is 0.483 e. The van der Waals surface area contributed by atoms with Gasteiger partial charge in [-0.3, -0.25) is 19.1 Å². The van der Waals surface area contributed by atoms with Gasteiger partial charge in [0, 0.05) is 22.4 Å². The molecule has 4 heterocycles. The van der Waals surface area contributed by atoms with Crippen molar-refractivity contribution in [3.05, 3.63) is 46.6 Å². The number of fused-ring (bicyclic) bond motifs is 4. The third kappa shape index (κ3) is 8.17. The first-order valence-electron chi connectivity index (χ1n) is 19.7. The molecule has 55 heavy (non-hydrogen) atoms. The smallest absolute Gasteiger partial charge is 0.407 e. The third-order valence-electron chi connectivity index (χ3n) is 12.4. The summed E-state index contributed by atoms with van der Waals surface area (Å²) >= 11 is 6.39. The number of allylic oxidation sites excluding steroid dienone is 1. The van der Waals surface area contributed by atoms with E-state index in [1.165, 1.54) is 11.8 Å². The van der Waals surface area contributed by atoms with Gasteiger partial charge in [0.2, 0.25) is 21.8 Å². The molecule has 4 amide bonds. The first kappa shape index (κ1) is 39.3. The summed E-state index contributed by atoms with van der Waals surface area (Å²) < 4.78 is 40.0. The van der Waals surface area contributed by atoms with E-state index in [1.54, 1.807) is 19.1 Å². The second-order valence-corrected chi connectivity index (χ2v) is 19.4. The Morgan fingerprint density at radius 3 is 2.58 bits per heavy atom. The molecule has 1 spiro atoms. The highest BCUT2D eigenvalue weighted by Crippen LogP contribution is 2.45. The Labute approximate surface area is 327 Å². The molecule has 3 N–H and O–H groups in total. The molecule has 0 radical (unpaired) electrons. The number of hydrogen-bond acceptors (Lipinski definition) is 9. The van der Waals surface area contributed by atoms with Crippen molar-refractivity contribution in [2.24, 2.45) is 5.92 Å². The van der Waals surface area contributed by atoms with Crippen LogP contribution in [0.3, 0.4) is 0 Å². The zero-order valence-corrected chi connectivity index (χ0v) is 33.5. The normalized spacial score (nSPS) is 28.5. The lowest BCUT2D eigenvalue weighted by atomic mass is 9.86. The van der Waals surface area contributed by atoms with E-state index in [2.05, 4.69) is 15.4 Å². The number of aromatic nitrogens is 1. The summed E-state index contributed by atoms with van der Waals surface area (Å²) in [6.45, 7) is 5.28. The van der Waals surface area contributed by atoms with Crippen LogP contribution in [0.4, 0.5) is 4.79 Å². The van der Waals surface area contributed by atoms with E-state index in [-0.39, 0.29) is 26.0 Å². The molecule has 2 saturated carbocycles. The summed E-state index contributed by atoms with van der Waals surface area (Å²) in [5.74, 6) is -1.02. The zero-order chi connectivity index (χ0) is 39.2. The number of nitrogens with zero attached hydrogens (tertiary/aromatic N) is 2. The third-order valence-corrected chi connectivity index (χ3v) is 14.8.